The number of halogens is 3. The molecule has 1 aromatic heterocycles. The van der Waals surface area contributed by atoms with Crippen molar-refractivity contribution in [2.75, 3.05) is 11.9 Å². The maximum Gasteiger partial charge on any atom is 0.471 e. The fourth-order valence-corrected chi connectivity index (χ4v) is 6.68. The Kier molecular flexibility index (Phi) is 7.63. The standard InChI is InChI=1S/C28H33F3N6O6/c1-27(2,3)21(36-26(42)28(29,30)31)25(41)37-11-14-12-4-5-13(8-12)19(14)20(37)24(40)34-15(22(32)38)9-18-23(39)35-16-10-33-7-6-17(16)43-18/h4-7,10,12-15,18-21H,8-9,11H2,1-3H3,(H2,32,38)(H,34,40)(H,35,39)(H,36,42)/t12-,13+,14-,15+,18+,19+,20+,21-/m1/s1. The van der Waals surface area contributed by atoms with Crippen LogP contribution in [0.15, 0.2) is 30.6 Å². The van der Waals surface area contributed by atoms with Crippen LogP contribution in [0.25, 0.3) is 0 Å². The van der Waals surface area contributed by atoms with E-state index in [-0.39, 0.29) is 36.6 Å². The van der Waals surface area contributed by atoms with E-state index < -0.39 is 65.4 Å². The summed E-state index contributed by atoms with van der Waals surface area (Å²) in [6.07, 6.45) is 0.865. The molecule has 2 fully saturated rings. The number of carbonyl (C=O) groups is 5. The van der Waals surface area contributed by atoms with Gasteiger partial charge in [-0.05, 0) is 35.5 Å². The molecule has 2 aliphatic heterocycles. The highest BCUT2D eigenvalue weighted by molar-refractivity contribution is 5.99. The van der Waals surface area contributed by atoms with Crippen molar-refractivity contribution in [2.24, 2.45) is 34.8 Å². The van der Waals surface area contributed by atoms with Crippen molar-refractivity contribution in [3.63, 3.8) is 0 Å². The van der Waals surface area contributed by atoms with Crippen LogP contribution in [0.3, 0.4) is 0 Å². The second-order valence-corrected chi connectivity index (χ2v) is 12.6. The highest BCUT2D eigenvalue weighted by Gasteiger charge is 2.59. The average molecular weight is 607 g/mol. The summed E-state index contributed by atoms with van der Waals surface area (Å²) >= 11 is 0. The minimum Gasteiger partial charge on any atom is -0.478 e. The first-order valence-corrected chi connectivity index (χ1v) is 13.9. The normalized spacial score (nSPS) is 28.7. The number of alkyl halides is 3. The molecule has 5 amide bonds. The van der Waals surface area contributed by atoms with E-state index in [1.807, 2.05) is 17.5 Å². The van der Waals surface area contributed by atoms with Crippen LogP contribution in [0.1, 0.15) is 33.6 Å². The Morgan fingerprint density at radius 2 is 1.86 bits per heavy atom. The van der Waals surface area contributed by atoms with Crippen molar-refractivity contribution >= 4 is 35.2 Å². The lowest BCUT2D eigenvalue weighted by Crippen LogP contribution is -2.61. The third-order valence-electron chi connectivity index (χ3n) is 8.70. The number of amides is 5. The van der Waals surface area contributed by atoms with Gasteiger partial charge in [0.05, 0.1) is 6.20 Å². The topological polar surface area (TPSA) is 173 Å². The van der Waals surface area contributed by atoms with E-state index in [1.165, 1.54) is 44.1 Å². The second-order valence-electron chi connectivity index (χ2n) is 12.6. The maximum atomic E-state index is 13.9. The van der Waals surface area contributed by atoms with E-state index in [9.17, 15) is 37.1 Å². The van der Waals surface area contributed by atoms with Gasteiger partial charge in [0.15, 0.2) is 6.10 Å². The molecule has 0 spiro atoms. The van der Waals surface area contributed by atoms with Gasteiger partial charge in [0.25, 0.3) is 5.91 Å². The van der Waals surface area contributed by atoms with Crippen LogP contribution in [0, 0.1) is 29.1 Å². The van der Waals surface area contributed by atoms with Gasteiger partial charge in [0.2, 0.25) is 17.7 Å². The van der Waals surface area contributed by atoms with Crippen molar-refractivity contribution in [1.29, 1.82) is 0 Å². The number of anilines is 1. The van der Waals surface area contributed by atoms with Gasteiger partial charge in [-0.15, -0.1) is 0 Å². The van der Waals surface area contributed by atoms with Gasteiger partial charge in [-0.2, -0.15) is 13.2 Å². The van der Waals surface area contributed by atoms with Crippen LogP contribution in [0.4, 0.5) is 18.9 Å². The number of aromatic nitrogens is 1. The predicted octanol–water partition coefficient (Wildman–Crippen LogP) is 0.884. The first-order chi connectivity index (χ1) is 20.1. The number of carbonyl (C=O) groups excluding carboxylic acids is 5. The van der Waals surface area contributed by atoms with Gasteiger partial charge in [-0.1, -0.05) is 32.9 Å². The molecule has 232 valence electrons. The molecule has 43 heavy (non-hydrogen) atoms. The third kappa shape index (κ3) is 5.76. The van der Waals surface area contributed by atoms with Gasteiger partial charge in [0.1, 0.15) is 29.6 Å². The quantitative estimate of drug-likeness (QED) is 0.334. The molecule has 0 unspecified atom stereocenters. The number of nitrogens with one attached hydrogen (secondary N) is 3. The molecule has 2 bridgehead atoms. The van der Waals surface area contributed by atoms with Gasteiger partial charge >= 0.3 is 12.1 Å². The Bertz CT molecular complexity index is 1380. The van der Waals surface area contributed by atoms with E-state index in [1.54, 1.807) is 0 Å². The van der Waals surface area contributed by atoms with E-state index in [4.69, 9.17) is 10.5 Å². The molecule has 3 heterocycles. The van der Waals surface area contributed by atoms with Crippen molar-refractivity contribution in [1.82, 2.24) is 20.5 Å². The van der Waals surface area contributed by atoms with Crippen LogP contribution in [0.5, 0.6) is 5.75 Å². The average Bonchev–Trinajstić information content (AvgIpc) is 3.63. The zero-order valence-electron chi connectivity index (χ0n) is 23.7. The molecule has 0 radical (unpaired) electrons. The minimum absolute atomic E-state index is 0.0639. The minimum atomic E-state index is -5.22. The molecular formula is C28H33F3N6O6. The summed E-state index contributed by atoms with van der Waals surface area (Å²) in [7, 11) is 0. The molecule has 1 aromatic rings. The Labute approximate surface area is 244 Å². The largest absolute Gasteiger partial charge is 0.478 e. The first kappa shape index (κ1) is 30.3. The lowest BCUT2D eigenvalue weighted by Gasteiger charge is -2.37. The summed E-state index contributed by atoms with van der Waals surface area (Å²) < 4.78 is 45.2. The number of fused-ring (bicyclic) bond motifs is 6. The van der Waals surface area contributed by atoms with E-state index in [0.717, 1.165) is 6.42 Å². The summed E-state index contributed by atoms with van der Waals surface area (Å²) in [6, 6.07) is -2.60. The molecule has 0 aromatic carbocycles. The molecule has 2 aliphatic carbocycles. The highest BCUT2D eigenvalue weighted by atomic mass is 19.4. The van der Waals surface area contributed by atoms with Crippen molar-refractivity contribution in [2.45, 2.75) is 64.0 Å². The van der Waals surface area contributed by atoms with Crippen LogP contribution < -0.4 is 26.4 Å². The number of allylic oxidation sites excluding steroid dienone is 2. The third-order valence-corrected chi connectivity index (χ3v) is 8.70. The van der Waals surface area contributed by atoms with Crippen LogP contribution in [-0.4, -0.2) is 76.4 Å². The Morgan fingerprint density at radius 3 is 2.51 bits per heavy atom. The summed E-state index contributed by atoms with van der Waals surface area (Å²) in [6.45, 7) is 4.61. The zero-order valence-corrected chi connectivity index (χ0v) is 23.7. The Hall–Kier alpha value is -4.17. The fraction of sp³-hybridized carbons (Fsp3) is 0.571. The second kappa shape index (κ2) is 10.8. The maximum absolute atomic E-state index is 13.9. The Morgan fingerprint density at radius 1 is 1.16 bits per heavy atom. The van der Waals surface area contributed by atoms with Crippen LogP contribution >= 0.6 is 0 Å². The summed E-state index contributed by atoms with van der Waals surface area (Å²) in [5, 5.41) is 7.02. The molecular weight excluding hydrogens is 573 g/mol. The van der Waals surface area contributed by atoms with Crippen molar-refractivity contribution in [3.8, 4) is 5.75 Å². The van der Waals surface area contributed by atoms with Crippen LogP contribution in [-0.2, 0) is 24.0 Å². The van der Waals surface area contributed by atoms with E-state index in [0.29, 0.717) is 11.4 Å². The monoisotopic (exact) mass is 606 g/mol. The number of hydrogen-bond acceptors (Lipinski definition) is 7. The molecule has 5 N–H and O–H groups in total. The summed E-state index contributed by atoms with van der Waals surface area (Å²) in [4.78, 5) is 70.0. The van der Waals surface area contributed by atoms with Gasteiger partial charge in [-0.25, -0.2) is 0 Å². The van der Waals surface area contributed by atoms with E-state index >= 15 is 0 Å². The predicted molar refractivity (Wildman–Crippen MR) is 144 cm³/mol. The molecule has 5 rings (SSSR count). The smallest absolute Gasteiger partial charge is 0.471 e. The van der Waals surface area contributed by atoms with Crippen LogP contribution in [0.2, 0.25) is 0 Å². The van der Waals surface area contributed by atoms with Gasteiger partial charge in [-0.3, -0.25) is 29.0 Å². The Balaban J connectivity index is 1.39. The lowest BCUT2D eigenvalue weighted by molar-refractivity contribution is -0.176. The number of primary amides is 1. The lowest BCUT2D eigenvalue weighted by atomic mass is 9.81. The van der Waals surface area contributed by atoms with Crippen molar-refractivity contribution in [3.05, 3.63) is 30.6 Å². The number of nitrogens with zero attached hydrogens (tertiary/aromatic N) is 2. The molecule has 8 atom stereocenters. The highest BCUT2D eigenvalue weighted by Crippen LogP contribution is 2.54. The first-order valence-electron chi connectivity index (χ1n) is 13.9. The summed E-state index contributed by atoms with van der Waals surface area (Å²) in [5.41, 5.74) is 4.81. The zero-order chi connectivity index (χ0) is 31.4. The number of rotatable bonds is 7. The number of likely N-dealkylation sites (tertiary alicyclic amines) is 1. The number of ether oxygens (including phenoxy) is 1. The summed E-state index contributed by atoms with van der Waals surface area (Å²) in [5.74, 6) is -5.55. The number of hydrogen-bond donors (Lipinski definition) is 4. The number of nitrogens with two attached hydrogens (primary N) is 1. The molecule has 4 aliphatic rings. The van der Waals surface area contributed by atoms with E-state index in [2.05, 4.69) is 15.6 Å². The van der Waals surface area contributed by atoms with Crippen molar-refractivity contribution < 1.29 is 41.9 Å². The van der Waals surface area contributed by atoms with Gasteiger partial charge < -0.3 is 31.3 Å². The number of pyridine rings is 1. The fourth-order valence-electron chi connectivity index (χ4n) is 6.68. The molecule has 15 heteroatoms. The van der Waals surface area contributed by atoms with Gasteiger partial charge in [0, 0.05) is 25.2 Å². The SMILES string of the molecule is CC(C)(C)[C@H](NC(=O)C(F)(F)F)C(=O)N1C[C@H]2[C@@H]([C@H]1C(=O)N[C@@H](C[C@@H]1Oc3ccncc3NC1=O)C(N)=O)[C@H]1C=C[C@@H]2C1. The molecule has 12 nitrogen and oxygen atoms in total. The molecule has 1 saturated carbocycles. The molecule has 1 saturated heterocycles.